The quantitative estimate of drug-likeness (QED) is 0.489. The Morgan fingerprint density at radius 3 is 3.00 bits per heavy atom. The molecule has 0 aliphatic heterocycles. The maximum atomic E-state index is 11.5. The van der Waals surface area contributed by atoms with E-state index in [1.54, 1.807) is 17.4 Å². The van der Waals surface area contributed by atoms with Crippen molar-refractivity contribution in [2.24, 2.45) is 5.84 Å². The van der Waals surface area contributed by atoms with Gasteiger partial charge in [0.1, 0.15) is 5.76 Å². The lowest BCUT2D eigenvalue weighted by atomic mass is 10.2. The van der Waals surface area contributed by atoms with Gasteiger partial charge in [-0.15, -0.1) is 0 Å². The minimum absolute atomic E-state index is 0.331. The molecule has 2 rings (SSSR count). The first kappa shape index (κ1) is 12.8. The number of rotatable bonds is 5. The Morgan fingerprint density at radius 1 is 1.50 bits per heavy atom. The predicted octanol–water partition coefficient (Wildman–Crippen LogP) is 1.58. The highest BCUT2D eigenvalue weighted by Crippen LogP contribution is 2.15. The first-order valence-corrected chi connectivity index (χ1v) is 6.42. The second-order valence-corrected chi connectivity index (χ2v) is 4.81. The number of amides is 1. The van der Waals surface area contributed by atoms with Crippen LogP contribution in [0.4, 0.5) is 0 Å². The van der Waals surface area contributed by atoms with E-state index in [1.807, 2.05) is 12.4 Å². The van der Waals surface area contributed by atoms with Crippen molar-refractivity contribution in [1.82, 2.24) is 10.3 Å². The zero-order chi connectivity index (χ0) is 13.0. The number of carbonyl (C=O) groups excluding carboxylic acids is 1. The van der Waals surface area contributed by atoms with Crippen LogP contribution >= 0.6 is 11.3 Å². The molecule has 3 N–H and O–H groups in total. The van der Waals surface area contributed by atoms with Crippen molar-refractivity contribution in [3.05, 3.63) is 46.0 Å². The van der Waals surface area contributed by atoms with Crippen molar-refractivity contribution in [3.8, 4) is 0 Å². The fourth-order valence-corrected chi connectivity index (χ4v) is 2.40. The summed E-state index contributed by atoms with van der Waals surface area (Å²) in [5.74, 6) is 5.41. The maximum Gasteiger partial charge on any atom is 0.268 e. The second-order valence-electron chi connectivity index (χ2n) is 4.03. The normalized spacial score (nSPS) is 10.8. The molecule has 2 aromatic rings. The smallest absolute Gasteiger partial charge is 0.268 e. The molecule has 0 aliphatic carbocycles. The molecule has 0 aliphatic rings. The Balaban J connectivity index is 2.01. The summed E-state index contributed by atoms with van der Waals surface area (Å²) in [5, 5.41) is 4.15. The highest BCUT2D eigenvalue weighted by molar-refractivity contribution is 7.07. The average molecular weight is 265 g/mol. The van der Waals surface area contributed by atoms with Crippen molar-refractivity contribution in [1.29, 1.82) is 0 Å². The van der Waals surface area contributed by atoms with Crippen molar-refractivity contribution in [2.75, 3.05) is 7.05 Å². The predicted molar refractivity (Wildman–Crippen MR) is 69.9 cm³/mol. The monoisotopic (exact) mass is 265 g/mol. The SMILES string of the molecule is CN(Cc1ccsc1)Cc1occc1C(=O)NN. The highest BCUT2D eigenvalue weighted by atomic mass is 32.1. The summed E-state index contributed by atoms with van der Waals surface area (Å²) < 4.78 is 5.32. The molecule has 0 atom stereocenters. The molecule has 1 amide bonds. The number of nitrogen functional groups attached to an aromatic ring is 1. The van der Waals surface area contributed by atoms with E-state index in [-0.39, 0.29) is 5.91 Å². The Kier molecular flexibility index (Phi) is 4.14. The van der Waals surface area contributed by atoms with Gasteiger partial charge in [0.05, 0.1) is 18.4 Å². The summed E-state index contributed by atoms with van der Waals surface area (Å²) in [6.07, 6.45) is 1.50. The fourth-order valence-electron chi connectivity index (χ4n) is 1.74. The summed E-state index contributed by atoms with van der Waals surface area (Å²) in [6, 6.07) is 3.70. The molecule has 0 bridgehead atoms. The Labute approximate surface area is 109 Å². The molecule has 0 fully saturated rings. The largest absolute Gasteiger partial charge is 0.467 e. The molecule has 0 unspecified atom stereocenters. The van der Waals surface area contributed by atoms with Crippen LogP contribution in [0, 0.1) is 0 Å². The van der Waals surface area contributed by atoms with Crippen molar-refractivity contribution >= 4 is 17.2 Å². The third kappa shape index (κ3) is 2.98. The van der Waals surface area contributed by atoms with Crippen LogP contribution in [-0.2, 0) is 13.1 Å². The van der Waals surface area contributed by atoms with Crippen LogP contribution in [0.2, 0.25) is 0 Å². The van der Waals surface area contributed by atoms with E-state index in [9.17, 15) is 4.79 Å². The van der Waals surface area contributed by atoms with Gasteiger partial charge in [0, 0.05) is 6.54 Å². The third-order valence-electron chi connectivity index (χ3n) is 2.57. The number of hydrazine groups is 1. The number of hydrogen-bond donors (Lipinski definition) is 2. The van der Waals surface area contributed by atoms with E-state index in [0.29, 0.717) is 17.9 Å². The number of hydrogen-bond acceptors (Lipinski definition) is 5. The zero-order valence-corrected chi connectivity index (χ0v) is 10.9. The fraction of sp³-hybridized carbons (Fsp3) is 0.250. The van der Waals surface area contributed by atoms with E-state index in [2.05, 4.69) is 21.8 Å². The average Bonchev–Trinajstić information content (AvgIpc) is 2.99. The molecule has 96 valence electrons. The van der Waals surface area contributed by atoms with Gasteiger partial charge < -0.3 is 4.42 Å². The number of nitrogens with two attached hydrogens (primary N) is 1. The van der Waals surface area contributed by atoms with Crippen LogP contribution in [0.25, 0.3) is 0 Å². The molecular weight excluding hydrogens is 250 g/mol. The van der Waals surface area contributed by atoms with Gasteiger partial charge in [0.15, 0.2) is 0 Å². The molecule has 0 radical (unpaired) electrons. The Hall–Kier alpha value is -1.63. The molecule has 5 nitrogen and oxygen atoms in total. The van der Waals surface area contributed by atoms with Crippen LogP contribution in [0.5, 0.6) is 0 Å². The van der Waals surface area contributed by atoms with E-state index in [4.69, 9.17) is 10.3 Å². The lowest BCUT2D eigenvalue weighted by Gasteiger charge is -2.14. The van der Waals surface area contributed by atoms with Gasteiger partial charge in [-0.05, 0) is 35.5 Å². The molecule has 0 aromatic carbocycles. The maximum absolute atomic E-state index is 11.5. The second kappa shape index (κ2) is 5.81. The number of furan rings is 1. The van der Waals surface area contributed by atoms with Crippen LogP contribution in [-0.4, -0.2) is 17.9 Å². The summed E-state index contributed by atoms with van der Waals surface area (Å²) in [6.45, 7) is 1.37. The van der Waals surface area contributed by atoms with Crippen molar-refractivity contribution < 1.29 is 9.21 Å². The molecular formula is C12H15N3O2S. The van der Waals surface area contributed by atoms with Gasteiger partial charge in [0.25, 0.3) is 5.91 Å². The topological polar surface area (TPSA) is 71.5 Å². The van der Waals surface area contributed by atoms with Gasteiger partial charge in [-0.3, -0.25) is 15.1 Å². The molecule has 0 spiro atoms. The molecule has 2 heterocycles. The summed E-state index contributed by atoms with van der Waals surface area (Å²) in [5.41, 5.74) is 3.84. The van der Waals surface area contributed by atoms with E-state index >= 15 is 0 Å². The van der Waals surface area contributed by atoms with Gasteiger partial charge in [-0.2, -0.15) is 11.3 Å². The highest BCUT2D eigenvalue weighted by Gasteiger charge is 2.15. The Bertz CT molecular complexity index is 507. The molecule has 0 saturated carbocycles. The van der Waals surface area contributed by atoms with Crippen LogP contribution in [0.15, 0.2) is 33.6 Å². The van der Waals surface area contributed by atoms with Gasteiger partial charge >= 0.3 is 0 Å². The molecule has 6 heteroatoms. The Morgan fingerprint density at radius 2 is 2.33 bits per heavy atom. The first-order chi connectivity index (χ1) is 8.70. The van der Waals surface area contributed by atoms with Crippen molar-refractivity contribution in [3.63, 3.8) is 0 Å². The lowest BCUT2D eigenvalue weighted by molar-refractivity contribution is 0.0950. The number of nitrogens with one attached hydrogen (secondary N) is 1. The third-order valence-corrected chi connectivity index (χ3v) is 3.30. The summed E-state index contributed by atoms with van der Waals surface area (Å²) >= 11 is 1.67. The van der Waals surface area contributed by atoms with Crippen molar-refractivity contribution in [2.45, 2.75) is 13.1 Å². The van der Waals surface area contributed by atoms with E-state index < -0.39 is 0 Å². The minimum atomic E-state index is -0.331. The zero-order valence-electron chi connectivity index (χ0n) is 10.1. The van der Waals surface area contributed by atoms with Crippen LogP contribution in [0.1, 0.15) is 21.7 Å². The molecule has 2 aromatic heterocycles. The van der Waals surface area contributed by atoms with Crippen LogP contribution < -0.4 is 11.3 Å². The van der Waals surface area contributed by atoms with Gasteiger partial charge in [-0.1, -0.05) is 0 Å². The van der Waals surface area contributed by atoms with E-state index in [1.165, 1.54) is 11.8 Å². The summed E-state index contributed by atoms with van der Waals surface area (Å²) in [4.78, 5) is 13.6. The molecule has 0 saturated heterocycles. The van der Waals surface area contributed by atoms with Crippen LogP contribution in [0.3, 0.4) is 0 Å². The number of carbonyl (C=O) groups is 1. The standard InChI is InChI=1S/C12H15N3O2S/c1-15(6-9-3-5-18-8-9)7-11-10(2-4-17-11)12(16)14-13/h2-5,8H,6-7,13H2,1H3,(H,14,16). The van der Waals surface area contributed by atoms with E-state index in [0.717, 1.165) is 6.54 Å². The number of thiophene rings is 1. The van der Waals surface area contributed by atoms with Gasteiger partial charge in [0.2, 0.25) is 0 Å². The van der Waals surface area contributed by atoms with Gasteiger partial charge in [-0.25, -0.2) is 5.84 Å². The first-order valence-electron chi connectivity index (χ1n) is 5.47. The molecule has 18 heavy (non-hydrogen) atoms. The number of nitrogens with zero attached hydrogens (tertiary/aromatic N) is 1. The lowest BCUT2D eigenvalue weighted by Crippen LogP contribution is -2.31. The summed E-state index contributed by atoms with van der Waals surface area (Å²) in [7, 11) is 1.98. The minimum Gasteiger partial charge on any atom is -0.467 e.